The van der Waals surface area contributed by atoms with Gasteiger partial charge in [0, 0.05) is 5.69 Å². The molecule has 1 saturated carbocycles. The van der Waals surface area contributed by atoms with Crippen LogP contribution in [-0.4, -0.2) is 11.2 Å². The van der Waals surface area contributed by atoms with Crippen molar-refractivity contribution in [2.75, 3.05) is 5.32 Å². The minimum atomic E-state index is -0.0175. The van der Waals surface area contributed by atoms with E-state index >= 15 is 0 Å². The second-order valence-electron chi connectivity index (χ2n) is 7.90. The molecule has 2 N–H and O–H groups in total. The zero-order valence-corrected chi connectivity index (χ0v) is 18.1. The molecule has 0 bridgehead atoms. The summed E-state index contributed by atoms with van der Waals surface area (Å²) in [4.78, 5) is 0. The van der Waals surface area contributed by atoms with Gasteiger partial charge in [-0.25, -0.2) is 0 Å². The number of anilines is 1. The van der Waals surface area contributed by atoms with Gasteiger partial charge in [-0.05, 0) is 80.2 Å². The van der Waals surface area contributed by atoms with E-state index in [9.17, 15) is 0 Å². The highest BCUT2D eigenvalue weighted by Crippen LogP contribution is 2.26. The fourth-order valence-corrected chi connectivity index (χ4v) is 4.20. The molecule has 1 atom stereocenters. The summed E-state index contributed by atoms with van der Waals surface area (Å²) in [6.45, 7) is 2.11. The summed E-state index contributed by atoms with van der Waals surface area (Å²) in [5.41, 5.74) is 4.53. The zero-order valence-electron chi connectivity index (χ0n) is 17.3. The predicted octanol–water partition coefficient (Wildman–Crippen LogP) is 6.39. The van der Waals surface area contributed by atoms with Crippen LogP contribution in [0.15, 0.2) is 78.9 Å². The molecule has 1 fully saturated rings. The molecule has 0 unspecified atom stereocenters. The van der Waals surface area contributed by atoms with Gasteiger partial charge in [0.25, 0.3) is 0 Å². The second kappa shape index (κ2) is 9.77. The number of benzene rings is 3. The molecule has 30 heavy (non-hydrogen) atoms. The largest absolute Gasteiger partial charge is 0.490 e. The van der Waals surface area contributed by atoms with Crippen molar-refractivity contribution in [1.82, 2.24) is 5.32 Å². The van der Waals surface area contributed by atoms with E-state index in [1.165, 1.54) is 29.5 Å². The van der Waals surface area contributed by atoms with Crippen LogP contribution >= 0.6 is 12.2 Å². The number of ether oxygens (including phenoxy) is 1. The molecule has 0 saturated heterocycles. The molecule has 4 heteroatoms. The van der Waals surface area contributed by atoms with Gasteiger partial charge in [-0.3, -0.25) is 0 Å². The van der Waals surface area contributed by atoms with Gasteiger partial charge < -0.3 is 15.4 Å². The molecule has 4 rings (SSSR count). The molecule has 0 spiro atoms. The first kappa shape index (κ1) is 20.4. The number of aryl methyl sites for hydroxylation is 1. The van der Waals surface area contributed by atoms with Crippen LogP contribution < -0.4 is 15.4 Å². The molecule has 0 aromatic heterocycles. The Bertz CT molecular complexity index is 966. The third kappa shape index (κ3) is 5.39. The molecule has 1 aliphatic rings. The minimum Gasteiger partial charge on any atom is -0.490 e. The Kier molecular flexibility index (Phi) is 6.65. The third-order valence-electron chi connectivity index (χ3n) is 5.50. The lowest BCUT2D eigenvalue weighted by atomic mass is 9.97. The van der Waals surface area contributed by atoms with Gasteiger partial charge in [0.15, 0.2) is 5.11 Å². The molecule has 154 valence electrons. The first-order valence-electron chi connectivity index (χ1n) is 10.6. The molecular formula is C26H28N2OS. The molecule has 3 nitrogen and oxygen atoms in total. The highest BCUT2D eigenvalue weighted by molar-refractivity contribution is 7.80. The van der Waals surface area contributed by atoms with E-state index in [1.54, 1.807) is 0 Å². The van der Waals surface area contributed by atoms with Crippen LogP contribution in [0.25, 0.3) is 0 Å². The van der Waals surface area contributed by atoms with E-state index in [1.807, 2.05) is 30.3 Å². The number of nitrogens with one attached hydrogen (secondary N) is 2. The van der Waals surface area contributed by atoms with Crippen molar-refractivity contribution in [2.45, 2.75) is 44.8 Å². The van der Waals surface area contributed by atoms with Crippen molar-refractivity contribution in [2.24, 2.45) is 0 Å². The summed E-state index contributed by atoms with van der Waals surface area (Å²) in [6.07, 6.45) is 5.23. The summed E-state index contributed by atoms with van der Waals surface area (Å²) in [7, 11) is 0. The Balaban J connectivity index is 1.43. The van der Waals surface area contributed by atoms with E-state index in [2.05, 4.69) is 66.1 Å². The van der Waals surface area contributed by atoms with Crippen LogP contribution in [0, 0.1) is 6.92 Å². The maximum absolute atomic E-state index is 6.05. The van der Waals surface area contributed by atoms with Crippen molar-refractivity contribution in [1.29, 1.82) is 0 Å². The standard InChI is InChI=1S/C26H28N2OS/c1-19-8-7-11-21(18-19)25(20-9-3-2-4-10-20)28-26(30)27-22-14-16-24(17-15-22)29-23-12-5-6-13-23/h2-4,7-11,14-18,23,25H,5-6,12-13H2,1H3,(H2,27,28,30)/t25-/m1/s1. The summed E-state index contributed by atoms with van der Waals surface area (Å²) in [6, 6.07) is 27.0. The van der Waals surface area contributed by atoms with Crippen molar-refractivity contribution >= 4 is 23.0 Å². The van der Waals surface area contributed by atoms with Crippen molar-refractivity contribution in [3.05, 3.63) is 95.6 Å². The molecule has 0 amide bonds. The average molecular weight is 417 g/mol. The van der Waals surface area contributed by atoms with Gasteiger partial charge in [0.1, 0.15) is 5.75 Å². The van der Waals surface area contributed by atoms with Gasteiger partial charge in [-0.15, -0.1) is 0 Å². The summed E-state index contributed by atoms with van der Waals surface area (Å²) < 4.78 is 6.05. The smallest absolute Gasteiger partial charge is 0.171 e. The third-order valence-corrected chi connectivity index (χ3v) is 5.72. The van der Waals surface area contributed by atoms with Crippen molar-refractivity contribution < 1.29 is 4.74 Å². The first-order chi connectivity index (χ1) is 14.7. The number of thiocarbonyl (C=S) groups is 1. The van der Waals surface area contributed by atoms with Gasteiger partial charge in [-0.2, -0.15) is 0 Å². The Labute approximate surface area is 184 Å². The lowest BCUT2D eigenvalue weighted by Crippen LogP contribution is -2.33. The molecule has 0 radical (unpaired) electrons. The highest BCUT2D eigenvalue weighted by Gasteiger charge is 2.17. The van der Waals surface area contributed by atoms with E-state index < -0.39 is 0 Å². The maximum Gasteiger partial charge on any atom is 0.171 e. The van der Waals surface area contributed by atoms with Crippen LogP contribution in [-0.2, 0) is 0 Å². The van der Waals surface area contributed by atoms with Crippen LogP contribution in [0.2, 0.25) is 0 Å². The SMILES string of the molecule is Cc1cccc([C@H](NC(=S)Nc2ccc(OC3CCCC3)cc2)c2ccccc2)c1. The summed E-state index contributed by atoms with van der Waals surface area (Å²) in [5, 5.41) is 7.39. The highest BCUT2D eigenvalue weighted by atomic mass is 32.1. The number of hydrogen-bond acceptors (Lipinski definition) is 2. The van der Waals surface area contributed by atoms with Gasteiger partial charge in [0.05, 0.1) is 12.1 Å². The Hall–Kier alpha value is -2.85. The minimum absolute atomic E-state index is 0.0175. The fourth-order valence-electron chi connectivity index (χ4n) is 3.97. The monoisotopic (exact) mass is 416 g/mol. The summed E-state index contributed by atoms with van der Waals surface area (Å²) >= 11 is 5.64. The van der Waals surface area contributed by atoms with Crippen LogP contribution in [0.5, 0.6) is 5.75 Å². The van der Waals surface area contributed by atoms with Crippen molar-refractivity contribution in [3.8, 4) is 5.75 Å². The Morgan fingerprint density at radius 3 is 2.30 bits per heavy atom. The van der Waals surface area contributed by atoms with Crippen LogP contribution in [0.3, 0.4) is 0 Å². The predicted molar refractivity (Wildman–Crippen MR) is 128 cm³/mol. The zero-order chi connectivity index (χ0) is 20.8. The number of rotatable bonds is 6. The molecule has 0 heterocycles. The van der Waals surface area contributed by atoms with Crippen molar-refractivity contribution in [3.63, 3.8) is 0 Å². The van der Waals surface area contributed by atoms with Gasteiger partial charge in [-0.1, -0.05) is 60.2 Å². The lowest BCUT2D eigenvalue weighted by molar-refractivity contribution is 0.210. The first-order valence-corrected chi connectivity index (χ1v) is 11.0. The topological polar surface area (TPSA) is 33.3 Å². The van der Waals surface area contributed by atoms with Crippen LogP contribution in [0.1, 0.15) is 48.4 Å². The molecule has 3 aromatic carbocycles. The molecular weight excluding hydrogens is 388 g/mol. The van der Waals surface area contributed by atoms with E-state index in [-0.39, 0.29) is 6.04 Å². The second-order valence-corrected chi connectivity index (χ2v) is 8.31. The van der Waals surface area contributed by atoms with Crippen LogP contribution in [0.4, 0.5) is 5.69 Å². The van der Waals surface area contributed by atoms with E-state index in [0.717, 1.165) is 24.3 Å². The molecule has 3 aromatic rings. The fraction of sp³-hybridized carbons (Fsp3) is 0.269. The maximum atomic E-state index is 6.05. The summed E-state index contributed by atoms with van der Waals surface area (Å²) in [5.74, 6) is 0.924. The normalized spacial score (nSPS) is 14.8. The van der Waals surface area contributed by atoms with Gasteiger partial charge in [0.2, 0.25) is 0 Å². The average Bonchev–Trinajstić information content (AvgIpc) is 3.27. The lowest BCUT2D eigenvalue weighted by Gasteiger charge is -2.22. The Morgan fingerprint density at radius 2 is 1.60 bits per heavy atom. The molecule has 0 aliphatic heterocycles. The Morgan fingerprint density at radius 1 is 0.900 bits per heavy atom. The molecule has 1 aliphatic carbocycles. The number of hydrogen-bond donors (Lipinski definition) is 2. The van der Waals surface area contributed by atoms with E-state index in [4.69, 9.17) is 17.0 Å². The quantitative estimate of drug-likeness (QED) is 0.456. The van der Waals surface area contributed by atoms with Gasteiger partial charge >= 0.3 is 0 Å². The van der Waals surface area contributed by atoms with E-state index in [0.29, 0.717) is 11.2 Å².